The Kier molecular flexibility index (Phi) is 7.05. The van der Waals surface area contributed by atoms with Gasteiger partial charge in [0.25, 0.3) is 5.91 Å². The summed E-state index contributed by atoms with van der Waals surface area (Å²) in [6.45, 7) is 3.95. The standard InChI is InChI=1S/C21H24N2O4S3/c1-14(2)30(25,26)17-7-5-6-15(12-17)20(24)22-21-23(10-11-28-4)18-9-8-16(27-3)13-19(18)29-21/h5-9,12-14H,10-11H2,1-4H3. The second kappa shape index (κ2) is 9.36. The van der Waals surface area contributed by atoms with Crippen LogP contribution in [0.15, 0.2) is 52.4 Å². The first kappa shape index (κ1) is 22.6. The molecular weight excluding hydrogens is 440 g/mol. The van der Waals surface area contributed by atoms with Crippen molar-refractivity contribution in [3.8, 4) is 5.75 Å². The Hall–Kier alpha value is -2.10. The quantitative estimate of drug-likeness (QED) is 0.528. The van der Waals surface area contributed by atoms with E-state index in [1.807, 2.05) is 29.0 Å². The van der Waals surface area contributed by atoms with Crippen LogP contribution in [0.4, 0.5) is 0 Å². The molecule has 1 heterocycles. The highest BCUT2D eigenvalue weighted by Gasteiger charge is 2.20. The summed E-state index contributed by atoms with van der Waals surface area (Å²) < 4.78 is 33.2. The summed E-state index contributed by atoms with van der Waals surface area (Å²) in [6.07, 6.45) is 2.03. The molecule has 0 aliphatic rings. The lowest BCUT2D eigenvalue weighted by molar-refractivity contribution is 0.0997. The van der Waals surface area contributed by atoms with E-state index in [-0.39, 0.29) is 10.5 Å². The van der Waals surface area contributed by atoms with Crippen LogP contribution in [-0.4, -0.2) is 43.3 Å². The first-order valence-electron chi connectivity index (χ1n) is 9.37. The van der Waals surface area contributed by atoms with E-state index in [1.165, 1.54) is 23.5 Å². The van der Waals surface area contributed by atoms with Crippen molar-refractivity contribution in [3.05, 3.63) is 52.8 Å². The fourth-order valence-corrected chi connectivity index (χ4v) is 5.45. The zero-order valence-electron chi connectivity index (χ0n) is 17.3. The number of methoxy groups -OCH3 is 1. The van der Waals surface area contributed by atoms with Crippen LogP contribution in [0, 0.1) is 0 Å². The van der Waals surface area contributed by atoms with Crippen LogP contribution in [0.3, 0.4) is 0 Å². The Bertz CT molecular complexity index is 1240. The fourth-order valence-electron chi connectivity index (χ4n) is 2.89. The highest BCUT2D eigenvalue weighted by Crippen LogP contribution is 2.24. The Morgan fingerprint density at radius 3 is 2.67 bits per heavy atom. The van der Waals surface area contributed by atoms with Gasteiger partial charge in [0.15, 0.2) is 14.6 Å². The number of sulfone groups is 1. The first-order chi connectivity index (χ1) is 14.3. The molecule has 1 aromatic heterocycles. The number of thiazole rings is 1. The molecule has 9 heteroatoms. The number of hydrogen-bond donors (Lipinski definition) is 0. The van der Waals surface area contributed by atoms with Gasteiger partial charge in [0.1, 0.15) is 5.75 Å². The molecule has 0 N–H and O–H groups in total. The van der Waals surface area contributed by atoms with Gasteiger partial charge < -0.3 is 9.30 Å². The Balaban J connectivity index is 2.09. The SMILES string of the molecule is COc1ccc2c(c1)sc(=NC(=O)c1cccc(S(=O)(=O)C(C)C)c1)n2CCSC. The van der Waals surface area contributed by atoms with Crippen molar-refractivity contribution in [3.63, 3.8) is 0 Å². The molecule has 3 rings (SSSR count). The number of amides is 1. The predicted octanol–water partition coefficient (Wildman–Crippen LogP) is 4.00. The minimum Gasteiger partial charge on any atom is -0.497 e. The molecule has 30 heavy (non-hydrogen) atoms. The van der Waals surface area contributed by atoms with E-state index in [2.05, 4.69) is 4.99 Å². The number of fused-ring (bicyclic) bond motifs is 1. The maximum Gasteiger partial charge on any atom is 0.279 e. The van der Waals surface area contributed by atoms with Crippen molar-refractivity contribution < 1.29 is 17.9 Å². The molecule has 0 saturated heterocycles. The largest absolute Gasteiger partial charge is 0.497 e. The smallest absolute Gasteiger partial charge is 0.279 e. The number of ether oxygens (including phenoxy) is 1. The molecule has 0 aliphatic carbocycles. The van der Waals surface area contributed by atoms with Crippen molar-refractivity contribution in [1.29, 1.82) is 0 Å². The van der Waals surface area contributed by atoms with Crippen LogP contribution < -0.4 is 9.54 Å². The van der Waals surface area contributed by atoms with E-state index in [4.69, 9.17) is 4.74 Å². The number of rotatable bonds is 7. The highest BCUT2D eigenvalue weighted by molar-refractivity contribution is 7.98. The summed E-state index contributed by atoms with van der Waals surface area (Å²) >= 11 is 3.12. The van der Waals surface area contributed by atoms with E-state index < -0.39 is 21.0 Å². The lowest BCUT2D eigenvalue weighted by Crippen LogP contribution is -2.18. The van der Waals surface area contributed by atoms with Gasteiger partial charge in [-0.15, -0.1) is 0 Å². The van der Waals surface area contributed by atoms with Crippen LogP contribution in [0.2, 0.25) is 0 Å². The summed E-state index contributed by atoms with van der Waals surface area (Å²) in [4.78, 5) is 17.9. The molecule has 0 atom stereocenters. The summed E-state index contributed by atoms with van der Waals surface area (Å²) in [7, 11) is -1.85. The molecule has 0 fully saturated rings. The Labute approximate surface area is 184 Å². The molecular formula is C21H24N2O4S3. The third-order valence-corrected chi connectivity index (χ3v) is 8.42. The van der Waals surface area contributed by atoms with Crippen molar-refractivity contribution in [1.82, 2.24) is 4.57 Å². The van der Waals surface area contributed by atoms with Crippen LogP contribution in [0.25, 0.3) is 10.2 Å². The van der Waals surface area contributed by atoms with Gasteiger partial charge in [-0.05, 0) is 56.5 Å². The molecule has 0 bridgehead atoms. The summed E-state index contributed by atoms with van der Waals surface area (Å²) in [5.74, 6) is 1.15. The molecule has 1 amide bonds. The molecule has 0 saturated carbocycles. The zero-order chi connectivity index (χ0) is 21.9. The molecule has 160 valence electrons. The van der Waals surface area contributed by atoms with Crippen molar-refractivity contribution in [2.24, 2.45) is 4.99 Å². The van der Waals surface area contributed by atoms with Crippen molar-refractivity contribution in [2.45, 2.75) is 30.5 Å². The van der Waals surface area contributed by atoms with E-state index in [1.54, 1.807) is 44.9 Å². The van der Waals surface area contributed by atoms with Crippen LogP contribution >= 0.6 is 23.1 Å². The zero-order valence-corrected chi connectivity index (χ0v) is 19.7. The predicted molar refractivity (Wildman–Crippen MR) is 123 cm³/mol. The van der Waals surface area contributed by atoms with Crippen molar-refractivity contribution >= 4 is 49.1 Å². The number of nitrogens with zero attached hydrogens (tertiary/aromatic N) is 2. The van der Waals surface area contributed by atoms with Gasteiger partial charge in [0.05, 0.1) is 27.5 Å². The average Bonchev–Trinajstić information content (AvgIpc) is 3.07. The van der Waals surface area contributed by atoms with Gasteiger partial charge in [-0.2, -0.15) is 16.8 Å². The Morgan fingerprint density at radius 1 is 1.23 bits per heavy atom. The normalized spacial score (nSPS) is 12.6. The van der Waals surface area contributed by atoms with Gasteiger partial charge in [0, 0.05) is 17.9 Å². The number of aromatic nitrogens is 1. The highest BCUT2D eigenvalue weighted by atomic mass is 32.2. The number of hydrogen-bond acceptors (Lipinski definition) is 6. The van der Waals surface area contributed by atoms with E-state index in [0.717, 1.165) is 21.7 Å². The molecule has 0 unspecified atom stereocenters. The van der Waals surface area contributed by atoms with E-state index in [9.17, 15) is 13.2 Å². The van der Waals surface area contributed by atoms with Gasteiger partial charge in [-0.1, -0.05) is 17.4 Å². The lowest BCUT2D eigenvalue weighted by atomic mass is 10.2. The van der Waals surface area contributed by atoms with Gasteiger partial charge >= 0.3 is 0 Å². The van der Waals surface area contributed by atoms with Crippen molar-refractivity contribution in [2.75, 3.05) is 19.1 Å². The van der Waals surface area contributed by atoms with Gasteiger partial charge in [0.2, 0.25) is 0 Å². The monoisotopic (exact) mass is 464 g/mol. The lowest BCUT2D eigenvalue weighted by Gasteiger charge is -2.08. The first-order valence-corrected chi connectivity index (χ1v) is 13.1. The maximum atomic E-state index is 12.9. The number of benzene rings is 2. The molecule has 3 aromatic rings. The number of thioether (sulfide) groups is 1. The third-order valence-electron chi connectivity index (χ3n) is 4.64. The second-order valence-electron chi connectivity index (χ2n) is 6.90. The third kappa shape index (κ3) is 4.63. The average molecular weight is 465 g/mol. The van der Waals surface area contributed by atoms with Crippen LogP contribution in [-0.2, 0) is 16.4 Å². The summed E-state index contributed by atoms with van der Waals surface area (Å²) in [5, 5.41) is -0.564. The molecule has 2 aromatic carbocycles. The number of carbonyl (C=O) groups excluding carboxylic acids is 1. The molecule has 0 radical (unpaired) electrons. The van der Waals surface area contributed by atoms with Crippen LogP contribution in [0.5, 0.6) is 5.75 Å². The fraction of sp³-hybridized carbons (Fsp3) is 0.333. The second-order valence-corrected chi connectivity index (χ2v) is 11.4. The minimum absolute atomic E-state index is 0.134. The van der Waals surface area contributed by atoms with Crippen LogP contribution in [0.1, 0.15) is 24.2 Å². The summed E-state index contributed by atoms with van der Waals surface area (Å²) in [5.41, 5.74) is 1.24. The molecule has 0 spiro atoms. The number of carbonyl (C=O) groups is 1. The Morgan fingerprint density at radius 2 is 2.00 bits per heavy atom. The van der Waals surface area contributed by atoms with Gasteiger partial charge in [-0.25, -0.2) is 8.42 Å². The molecule has 6 nitrogen and oxygen atoms in total. The number of aryl methyl sites for hydroxylation is 1. The topological polar surface area (TPSA) is 77.7 Å². The van der Waals surface area contributed by atoms with E-state index in [0.29, 0.717) is 11.3 Å². The minimum atomic E-state index is -3.47. The van der Waals surface area contributed by atoms with Gasteiger partial charge in [-0.3, -0.25) is 4.79 Å². The van der Waals surface area contributed by atoms with E-state index >= 15 is 0 Å². The molecule has 0 aliphatic heterocycles. The maximum absolute atomic E-state index is 12.9. The summed E-state index contributed by atoms with van der Waals surface area (Å²) in [6, 6.07) is 11.9.